The van der Waals surface area contributed by atoms with Crippen molar-refractivity contribution in [1.82, 2.24) is 20.1 Å². The van der Waals surface area contributed by atoms with E-state index in [1.807, 2.05) is 29.7 Å². The molecule has 5 nitrogen and oxygen atoms in total. The number of aryl methyl sites for hydroxylation is 1. The second-order valence-corrected chi connectivity index (χ2v) is 8.09. The fourth-order valence-corrected chi connectivity index (χ4v) is 4.16. The molecule has 134 valence electrons. The maximum absolute atomic E-state index is 12.4. The molecule has 6 heteroatoms. The summed E-state index contributed by atoms with van der Waals surface area (Å²) in [7, 11) is 0. The maximum atomic E-state index is 12.4. The first-order chi connectivity index (χ1) is 12.1. The van der Waals surface area contributed by atoms with E-state index in [0.29, 0.717) is 5.92 Å². The summed E-state index contributed by atoms with van der Waals surface area (Å²) in [5.41, 5.74) is 2.20. The molecule has 0 unspecified atom stereocenters. The van der Waals surface area contributed by atoms with Gasteiger partial charge in [-0.3, -0.25) is 9.36 Å². The minimum atomic E-state index is -0.199. The van der Waals surface area contributed by atoms with Crippen LogP contribution in [0.2, 0.25) is 0 Å². The lowest BCUT2D eigenvalue weighted by atomic mass is 9.89. The van der Waals surface area contributed by atoms with Crippen LogP contribution in [-0.2, 0) is 4.79 Å². The van der Waals surface area contributed by atoms with Gasteiger partial charge in [-0.15, -0.1) is 10.2 Å². The molecular weight excluding hydrogens is 332 g/mol. The smallest absolute Gasteiger partial charge is 0.233 e. The van der Waals surface area contributed by atoms with Crippen molar-refractivity contribution >= 4 is 17.7 Å². The van der Waals surface area contributed by atoms with Crippen molar-refractivity contribution < 1.29 is 4.79 Å². The number of benzene rings is 1. The lowest BCUT2D eigenvalue weighted by Gasteiger charge is -2.22. The average molecular weight is 359 g/mol. The Balaban J connectivity index is 1.59. The van der Waals surface area contributed by atoms with Crippen molar-refractivity contribution in [3.05, 3.63) is 36.2 Å². The van der Waals surface area contributed by atoms with Crippen LogP contribution in [-0.4, -0.2) is 32.5 Å². The monoisotopic (exact) mass is 358 g/mol. The van der Waals surface area contributed by atoms with Crippen LogP contribution in [0.3, 0.4) is 0 Å². The number of nitrogens with zero attached hydrogens (tertiary/aromatic N) is 3. The SMILES string of the molecule is Cc1ccccc1-n1cnnc1S[C@@H](C)C(=O)NCC1CCCCC1. The minimum Gasteiger partial charge on any atom is -0.355 e. The van der Waals surface area contributed by atoms with Gasteiger partial charge in [-0.2, -0.15) is 0 Å². The summed E-state index contributed by atoms with van der Waals surface area (Å²) in [6, 6.07) is 8.11. The van der Waals surface area contributed by atoms with Gasteiger partial charge in [-0.05, 0) is 44.2 Å². The van der Waals surface area contributed by atoms with Gasteiger partial charge in [0.25, 0.3) is 0 Å². The third kappa shape index (κ3) is 4.63. The second kappa shape index (κ2) is 8.52. The van der Waals surface area contributed by atoms with Crippen molar-refractivity contribution in [2.75, 3.05) is 6.54 Å². The number of hydrogen-bond acceptors (Lipinski definition) is 4. The minimum absolute atomic E-state index is 0.0786. The number of para-hydroxylation sites is 1. The van der Waals surface area contributed by atoms with E-state index in [4.69, 9.17) is 0 Å². The van der Waals surface area contributed by atoms with E-state index in [1.54, 1.807) is 6.33 Å². The molecule has 0 radical (unpaired) electrons. The Kier molecular flexibility index (Phi) is 6.13. The number of aromatic nitrogens is 3. The number of carbonyl (C=O) groups is 1. The molecule has 1 heterocycles. The van der Waals surface area contributed by atoms with Gasteiger partial charge in [0, 0.05) is 6.54 Å². The van der Waals surface area contributed by atoms with Crippen molar-refractivity contribution in [3.63, 3.8) is 0 Å². The summed E-state index contributed by atoms with van der Waals surface area (Å²) < 4.78 is 1.95. The number of nitrogens with one attached hydrogen (secondary N) is 1. The fourth-order valence-electron chi connectivity index (χ4n) is 3.30. The van der Waals surface area contributed by atoms with Crippen molar-refractivity contribution in [2.45, 2.75) is 56.4 Å². The molecule has 1 aromatic heterocycles. The molecule has 1 amide bonds. The van der Waals surface area contributed by atoms with Gasteiger partial charge in [0.2, 0.25) is 5.91 Å². The fraction of sp³-hybridized carbons (Fsp3) is 0.526. The predicted molar refractivity (Wildman–Crippen MR) is 101 cm³/mol. The van der Waals surface area contributed by atoms with Gasteiger partial charge in [-0.25, -0.2) is 0 Å². The van der Waals surface area contributed by atoms with Gasteiger partial charge in [0.15, 0.2) is 5.16 Å². The highest BCUT2D eigenvalue weighted by Gasteiger charge is 2.20. The van der Waals surface area contributed by atoms with Crippen LogP contribution >= 0.6 is 11.8 Å². The number of hydrogen-bond donors (Lipinski definition) is 1. The van der Waals surface area contributed by atoms with Crippen LogP contribution < -0.4 is 5.32 Å². The summed E-state index contributed by atoms with van der Waals surface area (Å²) in [6.45, 7) is 4.79. The second-order valence-electron chi connectivity index (χ2n) is 6.78. The van der Waals surface area contributed by atoms with Gasteiger partial charge in [-0.1, -0.05) is 49.2 Å². The lowest BCUT2D eigenvalue weighted by molar-refractivity contribution is -0.120. The van der Waals surface area contributed by atoms with Crippen LogP contribution in [0.5, 0.6) is 0 Å². The highest BCUT2D eigenvalue weighted by molar-refractivity contribution is 8.00. The molecule has 1 aromatic carbocycles. The van der Waals surface area contributed by atoms with E-state index in [0.717, 1.165) is 23.0 Å². The topological polar surface area (TPSA) is 59.8 Å². The first-order valence-corrected chi connectivity index (χ1v) is 9.93. The zero-order chi connectivity index (χ0) is 17.6. The van der Waals surface area contributed by atoms with Crippen molar-refractivity contribution in [1.29, 1.82) is 0 Å². The van der Waals surface area contributed by atoms with Crippen LogP contribution in [0.25, 0.3) is 5.69 Å². The average Bonchev–Trinajstić information content (AvgIpc) is 3.08. The first kappa shape index (κ1) is 18.0. The Morgan fingerprint density at radius 2 is 2.08 bits per heavy atom. The van der Waals surface area contributed by atoms with Crippen molar-refractivity contribution in [3.8, 4) is 5.69 Å². The van der Waals surface area contributed by atoms with E-state index >= 15 is 0 Å². The van der Waals surface area contributed by atoms with Crippen molar-refractivity contribution in [2.24, 2.45) is 5.92 Å². The third-order valence-corrected chi connectivity index (χ3v) is 5.89. The summed E-state index contributed by atoms with van der Waals surface area (Å²) in [5.74, 6) is 0.723. The Morgan fingerprint density at radius 1 is 1.32 bits per heavy atom. The summed E-state index contributed by atoms with van der Waals surface area (Å²) in [4.78, 5) is 12.4. The molecule has 1 atom stereocenters. The van der Waals surface area contributed by atoms with Crippen LogP contribution in [0.4, 0.5) is 0 Å². The number of carbonyl (C=O) groups excluding carboxylic acids is 1. The molecule has 0 bridgehead atoms. The molecule has 0 spiro atoms. The molecule has 3 rings (SSSR count). The quantitative estimate of drug-likeness (QED) is 0.799. The molecule has 1 fully saturated rings. The van der Waals surface area contributed by atoms with Gasteiger partial charge in [0.05, 0.1) is 10.9 Å². The third-order valence-electron chi connectivity index (χ3n) is 4.83. The molecule has 1 N–H and O–H groups in total. The summed E-state index contributed by atoms with van der Waals surface area (Å²) in [5, 5.41) is 11.9. The normalized spacial score (nSPS) is 16.6. The largest absolute Gasteiger partial charge is 0.355 e. The molecular formula is C19H26N4OS. The lowest BCUT2D eigenvalue weighted by Crippen LogP contribution is -2.35. The Hall–Kier alpha value is -1.82. The summed E-state index contributed by atoms with van der Waals surface area (Å²) in [6.07, 6.45) is 8.12. The first-order valence-electron chi connectivity index (χ1n) is 9.05. The number of thioether (sulfide) groups is 1. The standard InChI is InChI=1S/C19H26N4OS/c1-14-8-6-7-11-17(14)23-13-21-22-19(23)25-15(2)18(24)20-12-16-9-4-3-5-10-16/h6-8,11,13,15-16H,3-5,9-10,12H2,1-2H3,(H,20,24)/t15-/m0/s1. The highest BCUT2D eigenvalue weighted by Crippen LogP contribution is 2.26. The van der Waals surface area contributed by atoms with E-state index in [-0.39, 0.29) is 11.2 Å². The van der Waals surface area contributed by atoms with Gasteiger partial charge >= 0.3 is 0 Å². The van der Waals surface area contributed by atoms with Crippen LogP contribution in [0.15, 0.2) is 35.7 Å². The molecule has 1 saturated carbocycles. The number of amides is 1. The van der Waals surface area contributed by atoms with Gasteiger partial charge < -0.3 is 5.32 Å². The van der Waals surface area contributed by atoms with E-state index in [1.165, 1.54) is 43.9 Å². The molecule has 0 saturated heterocycles. The molecule has 25 heavy (non-hydrogen) atoms. The maximum Gasteiger partial charge on any atom is 0.233 e. The molecule has 1 aliphatic carbocycles. The van der Waals surface area contributed by atoms with Crippen LogP contribution in [0.1, 0.15) is 44.6 Å². The van der Waals surface area contributed by atoms with Crippen LogP contribution in [0, 0.1) is 12.8 Å². The molecule has 0 aliphatic heterocycles. The van der Waals surface area contributed by atoms with Gasteiger partial charge in [0.1, 0.15) is 6.33 Å². The number of rotatable bonds is 6. The Morgan fingerprint density at radius 3 is 2.84 bits per heavy atom. The zero-order valence-corrected chi connectivity index (χ0v) is 15.8. The highest BCUT2D eigenvalue weighted by atomic mass is 32.2. The summed E-state index contributed by atoms with van der Waals surface area (Å²) >= 11 is 1.45. The van der Waals surface area contributed by atoms with E-state index in [2.05, 4.69) is 28.5 Å². The van der Waals surface area contributed by atoms with E-state index in [9.17, 15) is 4.79 Å². The van der Waals surface area contributed by atoms with E-state index < -0.39 is 0 Å². The predicted octanol–water partition coefficient (Wildman–Crippen LogP) is 3.75. The Labute approximate surface area is 153 Å². The molecule has 2 aromatic rings. The molecule has 1 aliphatic rings. The zero-order valence-electron chi connectivity index (χ0n) is 14.9. The Bertz CT molecular complexity index is 709.